The van der Waals surface area contributed by atoms with Crippen molar-refractivity contribution in [2.45, 2.75) is 5.16 Å². The molecular weight excluding hydrogens is 248 g/mol. The van der Waals surface area contributed by atoms with Crippen LogP contribution in [0.4, 0.5) is 5.69 Å². The number of hydrogen-bond acceptors (Lipinski definition) is 4. The normalized spacial score (nSPS) is 10.4. The molecule has 0 saturated carbocycles. The highest BCUT2D eigenvalue weighted by molar-refractivity contribution is 7.99. The van der Waals surface area contributed by atoms with Gasteiger partial charge in [0.1, 0.15) is 0 Å². The summed E-state index contributed by atoms with van der Waals surface area (Å²) < 4.78 is 0. The predicted octanol–water partition coefficient (Wildman–Crippen LogP) is 1.54. The fourth-order valence-corrected chi connectivity index (χ4v) is 2.16. The Hall–Kier alpha value is -1.95. The summed E-state index contributed by atoms with van der Waals surface area (Å²) in [5, 5.41) is 3.42. The zero-order valence-corrected chi connectivity index (χ0v) is 10.6. The Balaban J connectivity index is 1.99. The first kappa shape index (κ1) is 12.5. The highest BCUT2D eigenvalue weighted by Crippen LogP contribution is 2.20. The first-order valence-electron chi connectivity index (χ1n) is 5.44. The third-order valence-corrected chi connectivity index (χ3v) is 3.14. The maximum atomic E-state index is 11.4. The molecule has 1 heterocycles. The van der Waals surface area contributed by atoms with Crippen LogP contribution in [0, 0.1) is 0 Å². The molecule has 0 atom stereocenters. The fraction of sp³-hybridized carbons (Fsp3) is 0.167. The maximum absolute atomic E-state index is 11.4. The molecule has 1 aromatic heterocycles. The van der Waals surface area contributed by atoms with Gasteiger partial charge in [-0.3, -0.25) is 4.79 Å². The van der Waals surface area contributed by atoms with Gasteiger partial charge in [0.15, 0.2) is 5.16 Å². The van der Waals surface area contributed by atoms with Crippen LogP contribution in [0.2, 0.25) is 0 Å². The Morgan fingerprint density at radius 1 is 1.61 bits per heavy atom. The van der Waals surface area contributed by atoms with Gasteiger partial charge in [-0.15, -0.1) is 6.58 Å². The average Bonchev–Trinajstić information content (AvgIpc) is 2.75. The number of amides is 1. The number of nitrogens with one attached hydrogen (secondary N) is 2. The molecule has 0 aliphatic carbocycles. The minimum absolute atomic E-state index is 0.0418. The number of benzene rings is 1. The summed E-state index contributed by atoms with van der Waals surface area (Å²) in [5.74, 6) is 0.281. The number of anilines is 1. The van der Waals surface area contributed by atoms with Crippen molar-refractivity contribution in [1.29, 1.82) is 0 Å². The molecule has 4 N–H and O–H groups in total. The Labute approximate surface area is 109 Å². The van der Waals surface area contributed by atoms with E-state index < -0.39 is 0 Å². The Morgan fingerprint density at radius 3 is 3.22 bits per heavy atom. The number of hydrogen-bond donors (Lipinski definition) is 3. The number of nitrogen functional groups attached to an aromatic ring is 1. The minimum Gasteiger partial charge on any atom is -0.399 e. The Bertz CT molecular complexity index is 578. The summed E-state index contributed by atoms with van der Waals surface area (Å²) in [6.07, 6.45) is 1.65. The van der Waals surface area contributed by atoms with Crippen LogP contribution in [0.25, 0.3) is 11.0 Å². The molecule has 0 unspecified atom stereocenters. The van der Waals surface area contributed by atoms with E-state index in [0.29, 0.717) is 23.1 Å². The van der Waals surface area contributed by atoms with Crippen molar-refractivity contribution in [3.63, 3.8) is 0 Å². The van der Waals surface area contributed by atoms with E-state index in [2.05, 4.69) is 21.9 Å². The number of carbonyl (C=O) groups excluding carboxylic acids is 1. The van der Waals surface area contributed by atoms with Crippen molar-refractivity contribution in [1.82, 2.24) is 15.3 Å². The van der Waals surface area contributed by atoms with Crippen LogP contribution in [0.3, 0.4) is 0 Å². The summed E-state index contributed by atoms with van der Waals surface area (Å²) in [7, 11) is 0. The van der Waals surface area contributed by atoms with Gasteiger partial charge >= 0.3 is 0 Å². The molecule has 0 spiro atoms. The van der Waals surface area contributed by atoms with Gasteiger partial charge in [0.2, 0.25) is 5.91 Å². The monoisotopic (exact) mass is 262 g/mol. The van der Waals surface area contributed by atoms with Gasteiger partial charge in [-0.25, -0.2) is 4.98 Å². The number of H-pyrrole nitrogens is 1. The van der Waals surface area contributed by atoms with Gasteiger partial charge in [-0.05, 0) is 18.2 Å². The molecule has 6 heteroatoms. The van der Waals surface area contributed by atoms with Crippen LogP contribution in [0.5, 0.6) is 0 Å². The lowest BCUT2D eigenvalue weighted by atomic mass is 10.3. The molecule has 0 bridgehead atoms. The second-order valence-electron chi connectivity index (χ2n) is 3.70. The van der Waals surface area contributed by atoms with E-state index in [9.17, 15) is 4.79 Å². The van der Waals surface area contributed by atoms with E-state index in [-0.39, 0.29) is 5.91 Å². The van der Waals surface area contributed by atoms with Gasteiger partial charge in [-0.2, -0.15) is 0 Å². The number of nitrogens with zero attached hydrogens (tertiary/aromatic N) is 1. The second-order valence-corrected chi connectivity index (χ2v) is 4.66. The van der Waals surface area contributed by atoms with Crippen LogP contribution in [0.15, 0.2) is 36.0 Å². The highest BCUT2D eigenvalue weighted by Gasteiger charge is 2.06. The Morgan fingerprint density at radius 2 is 2.44 bits per heavy atom. The van der Waals surface area contributed by atoms with Crippen molar-refractivity contribution < 1.29 is 4.79 Å². The largest absolute Gasteiger partial charge is 0.399 e. The molecule has 2 rings (SSSR count). The number of aromatic nitrogens is 2. The standard InChI is InChI=1S/C12H14N4OS/c1-2-5-14-11(17)7-18-12-15-9-4-3-8(13)6-10(9)16-12/h2-4,6H,1,5,7,13H2,(H,14,17)(H,15,16). The molecule has 2 aromatic rings. The molecule has 5 nitrogen and oxygen atoms in total. The SMILES string of the molecule is C=CCNC(=O)CSc1nc2ccc(N)cc2[nH]1. The molecule has 0 saturated heterocycles. The number of rotatable bonds is 5. The van der Waals surface area contributed by atoms with Crippen molar-refractivity contribution in [3.05, 3.63) is 30.9 Å². The second kappa shape index (κ2) is 5.59. The number of thioether (sulfide) groups is 1. The molecule has 0 fully saturated rings. The van der Waals surface area contributed by atoms with Crippen LogP contribution < -0.4 is 11.1 Å². The van der Waals surface area contributed by atoms with E-state index in [1.54, 1.807) is 12.1 Å². The number of carbonyl (C=O) groups is 1. The quantitative estimate of drug-likeness (QED) is 0.433. The summed E-state index contributed by atoms with van der Waals surface area (Å²) >= 11 is 1.36. The van der Waals surface area contributed by atoms with E-state index in [4.69, 9.17) is 5.73 Å². The summed E-state index contributed by atoms with van der Waals surface area (Å²) in [6, 6.07) is 5.47. The lowest BCUT2D eigenvalue weighted by Crippen LogP contribution is -2.24. The van der Waals surface area contributed by atoms with Crippen molar-refractivity contribution in [2.75, 3.05) is 18.0 Å². The smallest absolute Gasteiger partial charge is 0.230 e. The van der Waals surface area contributed by atoms with Crippen LogP contribution >= 0.6 is 11.8 Å². The topological polar surface area (TPSA) is 83.8 Å². The maximum Gasteiger partial charge on any atom is 0.230 e. The van der Waals surface area contributed by atoms with Gasteiger partial charge < -0.3 is 16.0 Å². The minimum atomic E-state index is -0.0418. The average molecular weight is 262 g/mol. The number of fused-ring (bicyclic) bond motifs is 1. The number of aromatic amines is 1. The first-order valence-corrected chi connectivity index (χ1v) is 6.43. The zero-order chi connectivity index (χ0) is 13.0. The lowest BCUT2D eigenvalue weighted by molar-refractivity contribution is -0.118. The van der Waals surface area contributed by atoms with Crippen LogP contribution in [0.1, 0.15) is 0 Å². The molecule has 0 aliphatic heterocycles. The first-order chi connectivity index (χ1) is 8.69. The van der Waals surface area contributed by atoms with Crippen molar-refractivity contribution >= 4 is 34.4 Å². The van der Waals surface area contributed by atoms with E-state index >= 15 is 0 Å². The summed E-state index contributed by atoms with van der Waals surface area (Å²) in [5.41, 5.74) is 8.09. The van der Waals surface area contributed by atoms with Gasteiger partial charge in [-0.1, -0.05) is 17.8 Å². The van der Waals surface area contributed by atoms with Crippen LogP contribution in [-0.4, -0.2) is 28.2 Å². The number of nitrogens with two attached hydrogens (primary N) is 1. The third kappa shape index (κ3) is 3.04. The Kier molecular flexibility index (Phi) is 3.88. The molecule has 1 aromatic carbocycles. The van der Waals surface area contributed by atoms with Crippen LogP contribution in [-0.2, 0) is 4.79 Å². The van der Waals surface area contributed by atoms with Gasteiger partial charge in [0.05, 0.1) is 16.8 Å². The molecule has 1 amide bonds. The molecule has 94 valence electrons. The van der Waals surface area contributed by atoms with E-state index in [0.717, 1.165) is 11.0 Å². The summed E-state index contributed by atoms with van der Waals surface area (Å²) in [4.78, 5) is 18.9. The zero-order valence-electron chi connectivity index (χ0n) is 9.77. The fourth-order valence-electron chi connectivity index (χ4n) is 1.44. The highest BCUT2D eigenvalue weighted by atomic mass is 32.2. The van der Waals surface area contributed by atoms with E-state index in [1.807, 2.05) is 12.1 Å². The lowest BCUT2D eigenvalue weighted by Gasteiger charge is -1.99. The number of imidazole rings is 1. The van der Waals surface area contributed by atoms with Crippen molar-refractivity contribution in [2.24, 2.45) is 0 Å². The predicted molar refractivity (Wildman–Crippen MR) is 74.4 cm³/mol. The van der Waals surface area contributed by atoms with Gasteiger partial charge in [0.25, 0.3) is 0 Å². The molecular formula is C12H14N4OS. The molecule has 18 heavy (non-hydrogen) atoms. The van der Waals surface area contributed by atoms with E-state index in [1.165, 1.54) is 11.8 Å². The van der Waals surface area contributed by atoms with Gasteiger partial charge in [0, 0.05) is 12.2 Å². The molecule has 0 radical (unpaired) electrons. The third-order valence-electron chi connectivity index (χ3n) is 2.27. The molecule has 0 aliphatic rings. The summed E-state index contributed by atoms with van der Waals surface area (Å²) in [6.45, 7) is 4.02. The van der Waals surface area contributed by atoms with Crippen molar-refractivity contribution in [3.8, 4) is 0 Å².